The SMILES string of the molecule is CSc1nc2ncc(-c3ccnc(N4CCOCC4)n3)c(C)n2n1. The van der Waals surface area contributed by atoms with Crippen molar-refractivity contribution in [3.63, 3.8) is 0 Å². The van der Waals surface area contributed by atoms with Gasteiger partial charge in [-0.25, -0.2) is 15.0 Å². The lowest BCUT2D eigenvalue weighted by molar-refractivity contribution is 0.122. The van der Waals surface area contributed by atoms with E-state index in [0.717, 1.165) is 36.0 Å². The molecule has 0 N–H and O–H groups in total. The molecule has 3 aromatic heterocycles. The lowest BCUT2D eigenvalue weighted by Gasteiger charge is -2.26. The van der Waals surface area contributed by atoms with Gasteiger partial charge in [0.2, 0.25) is 11.1 Å². The Labute approximate surface area is 143 Å². The lowest BCUT2D eigenvalue weighted by Crippen LogP contribution is -2.37. The van der Waals surface area contributed by atoms with Gasteiger partial charge in [0.1, 0.15) is 0 Å². The molecule has 0 bridgehead atoms. The van der Waals surface area contributed by atoms with Gasteiger partial charge in [-0.05, 0) is 19.2 Å². The maximum atomic E-state index is 5.39. The first-order chi connectivity index (χ1) is 11.8. The van der Waals surface area contributed by atoms with Crippen molar-refractivity contribution in [2.75, 3.05) is 37.5 Å². The minimum atomic E-state index is 0.600. The Balaban J connectivity index is 1.75. The number of thioether (sulfide) groups is 1. The zero-order valence-electron chi connectivity index (χ0n) is 13.5. The van der Waals surface area contributed by atoms with Crippen molar-refractivity contribution in [3.05, 3.63) is 24.2 Å². The third kappa shape index (κ3) is 2.69. The Morgan fingerprint density at radius 2 is 2.00 bits per heavy atom. The molecule has 0 atom stereocenters. The summed E-state index contributed by atoms with van der Waals surface area (Å²) in [6.45, 7) is 5.02. The van der Waals surface area contributed by atoms with Gasteiger partial charge in [0.25, 0.3) is 5.78 Å². The maximum absolute atomic E-state index is 5.39. The summed E-state index contributed by atoms with van der Waals surface area (Å²) in [6, 6.07) is 1.90. The molecule has 24 heavy (non-hydrogen) atoms. The molecular formula is C15H17N7OS. The zero-order chi connectivity index (χ0) is 16.5. The molecule has 1 aliphatic rings. The van der Waals surface area contributed by atoms with E-state index >= 15 is 0 Å². The summed E-state index contributed by atoms with van der Waals surface area (Å²) in [6.07, 6.45) is 5.53. The van der Waals surface area contributed by atoms with Gasteiger partial charge in [-0.3, -0.25) is 0 Å². The van der Waals surface area contributed by atoms with E-state index in [-0.39, 0.29) is 0 Å². The minimum Gasteiger partial charge on any atom is -0.378 e. The standard InChI is InChI=1S/C15H17N7OS/c1-10-11(9-17-14-19-15(24-2)20-22(10)14)12-3-4-16-13(18-12)21-5-7-23-8-6-21/h3-4,9H,5-8H2,1-2H3. The number of aromatic nitrogens is 6. The van der Waals surface area contributed by atoms with Crippen LogP contribution >= 0.6 is 11.8 Å². The lowest BCUT2D eigenvalue weighted by atomic mass is 10.2. The molecule has 3 aromatic rings. The highest BCUT2D eigenvalue weighted by molar-refractivity contribution is 7.98. The number of anilines is 1. The molecule has 0 aliphatic carbocycles. The van der Waals surface area contributed by atoms with E-state index < -0.39 is 0 Å². The Kier molecular flexibility index (Phi) is 4.03. The first-order valence-corrected chi connectivity index (χ1v) is 8.91. The number of rotatable bonds is 3. The quantitative estimate of drug-likeness (QED) is 0.661. The molecule has 0 radical (unpaired) electrons. The smallest absolute Gasteiger partial charge is 0.253 e. The first kappa shape index (κ1) is 15.3. The highest BCUT2D eigenvalue weighted by Crippen LogP contribution is 2.23. The van der Waals surface area contributed by atoms with E-state index in [1.165, 1.54) is 11.8 Å². The molecule has 1 saturated heterocycles. The van der Waals surface area contributed by atoms with Crippen LogP contribution in [0.1, 0.15) is 5.69 Å². The summed E-state index contributed by atoms with van der Waals surface area (Å²) < 4.78 is 7.15. The van der Waals surface area contributed by atoms with Gasteiger partial charge < -0.3 is 9.64 Å². The molecule has 0 aromatic carbocycles. The second kappa shape index (κ2) is 6.33. The Hall–Kier alpha value is -2.26. The molecule has 124 valence electrons. The molecule has 0 unspecified atom stereocenters. The largest absolute Gasteiger partial charge is 0.378 e. The molecule has 1 aliphatic heterocycles. The number of hydrogen-bond acceptors (Lipinski definition) is 8. The molecule has 4 rings (SSSR count). The number of nitrogens with zero attached hydrogens (tertiary/aromatic N) is 7. The first-order valence-electron chi connectivity index (χ1n) is 7.69. The van der Waals surface area contributed by atoms with Crippen molar-refractivity contribution in [1.82, 2.24) is 29.5 Å². The highest BCUT2D eigenvalue weighted by Gasteiger charge is 2.16. The summed E-state index contributed by atoms with van der Waals surface area (Å²) in [7, 11) is 0. The fourth-order valence-electron chi connectivity index (χ4n) is 2.68. The van der Waals surface area contributed by atoms with Crippen molar-refractivity contribution in [1.29, 1.82) is 0 Å². The van der Waals surface area contributed by atoms with Crippen molar-refractivity contribution in [2.24, 2.45) is 0 Å². The molecule has 4 heterocycles. The molecule has 9 heteroatoms. The van der Waals surface area contributed by atoms with Crippen molar-refractivity contribution in [2.45, 2.75) is 12.1 Å². The summed E-state index contributed by atoms with van der Waals surface area (Å²) in [4.78, 5) is 20.0. The predicted molar refractivity (Wildman–Crippen MR) is 91.4 cm³/mol. The topological polar surface area (TPSA) is 81.3 Å². The number of morpholine rings is 1. The number of hydrogen-bond donors (Lipinski definition) is 0. The van der Waals surface area contributed by atoms with E-state index in [0.29, 0.717) is 24.1 Å². The third-order valence-electron chi connectivity index (χ3n) is 3.98. The normalized spacial score (nSPS) is 15.2. The fraction of sp³-hybridized carbons (Fsp3) is 0.400. The second-order valence-corrected chi connectivity index (χ2v) is 6.18. The Morgan fingerprint density at radius 1 is 1.17 bits per heavy atom. The van der Waals surface area contributed by atoms with Crippen LogP contribution in [0, 0.1) is 6.92 Å². The predicted octanol–water partition coefficient (Wildman–Crippen LogP) is 1.45. The summed E-state index contributed by atoms with van der Waals surface area (Å²) >= 11 is 1.50. The third-order valence-corrected chi connectivity index (χ3v) is 4.52. The fourth-order valence-corrected chi connectivity index (χ4v) is 3.01. The van der Waals surface area contributed by atoms with Gasteiger partial charge in [-0.1, -0.05) is 11.8 Å². The second-order valence-electron chi connectivity index (χ2n) is 5.41. The highest BCUT2D eigenvalue weighted by atomic mass is 32.2. The van der Waals surface area contributed by atoms with Gasteiger partial charge in [-0.15, -0.1) is 5.10 Å². The van der Waals surface area contributed by atoms with Crippen LogP contribution in [0.15, 0.2) is 23.6 Å². The van der Waals surface area contributed by atoms with Crippen LogP contribution < -0.4 is 4.90 Å². The minimum absolute atomic E-state index is 0.600. The van der Waals surface area contributed by atoms with Gasteiger partial charge >= 0.3 is 0 Å². The van der Waals surface area contributed by atoms with Crippen LogP contribution in [0.2, 0.25) is 0 Å². The zero-order valence-corrected chi connectivity index (χ0v) is 14.3. The summed E-state index contributed by atoms with van der Waals surface area (Å²) in [5, 5.41) is 5.17. The van der Waals surface area contributed by atoms with E-state index in [9.17, 15) is 0 Å². The molecule has 0 spiro atoms. The molecule has 0 saturated carbocycles. The van der Waals surface area contributed by atoms with Crippen LogP contribution in [0.5, 0.6) is 0 Å². The van der Waals surface area contributed by atoms with E-state index in [2.05, 4.69) is 25.0 Å². The van der Waals surface area contributed by atoms with Crippen LogP contribution in [0.25, 0.3) is 17.0 Å². The van der Waals surface area contributed by atoms with Crippen LogP contribution in [-0.2, 0) is 4.74 Å². The average Bonchev–Trinajstić information content (AvgIpc) is 3.07. The van der Waals surface area contributed by atoms with E-state index in [4.69, 9.17) is 9.72 Å². The van der Waals surface area contributed by atoms with Crippen molar-refractivity contribution >= 4 is 23.5 Å². The van der Waals surface area contributed by atoms with E-state index in [1.807, 2.05) is 19.2 Å². The monoisotopic (exact) mass is 343 g/mol. The van der Waals surface area contributed by atoms with Crippen LogP contribution in [0.3, 0.4) is 0 Å². The van der Waals surface area contributed by atoms with E-state index in [1.54, 1.807) is 16.9 Å². The van der Waals surface area contributed by atoms with Crippen LogP contribution in [-0.4, -0.2) is 62.1 Å². The molecule has 0 amide bonds. The number of aryl methyl sites for hydroxylation is 1. The van der Waals surface area contributed by atoms with Crippen LogP contribution in [0.4, 0.5) is 5.95 Å². The van der Waals surface area contributed by atoms with Gasteiger partial charge in [-0.2, -0.15) is 9.50 Å². The summed E-state index contributed by atoms with van der Waals surface area (Å²) in [5.74, 6) is 1.32. The average molecular weight is 343 g/mol. The van der Waals surface area contributed by atoms with Gasteiger partial charge in [0.15, 0.2) is 0 Å². The maximum Gasteiger partial charge on any atom is 0.253 e. The molecular weight excluding hydrogens is 326 g/mol. The number of ether oxygens (including phenoxy) is 1. The molecule has 8 nitrogen and oxygen atoms in total. The molecule has 1 fully saturated rings. The Morgan fingerprint density at radius 3 is 2.79 bits per heavy atom. The Bertz CT molecular complexity index is 875. The number of fused-ring (bicyclic) bond motifs is 1. The van der Waals surface area contributed by atoms with Gasteiger partial charge in [0.05, 0.1) is 24.6 Å². The summed E-state index contributed by atoms with van der Waals surface area (Å²) in [5.41, 5.74) is 2.72. The van der Waals surface area contributed by atoms with Gasteiger partial charge in [0, 0.05) is 31.0 Å². The van der Waals surface area contributed by atoms with Crippen molar-refractivity contribution in [3.8, 4) is 11.3 Å². The van der Waals surface area contributed by atoms with Crippen molar-refractivity contribution < 1.29 is 4.74 Å².